The maximum absolute atomic E-state index is 12.7. The Kier molecular flexibility index (Phi) is 6.17. The van der Waals surface area contributed by atoms with Gasteiger partial charge in [-0.1, -0.05) is 32.9 Å². The Morgan fingerprint density at radius 2 is 1.85 bits per heavy atom. The molecule has 0 bridgehead atoms. The van der Waals surface area contributed by atoms with Crippen LogP contribution in [0.25, 0.3) is 0 Å². The zero-order chi connectivity index (χ0) is 15.3. The molecule has 5 heteroatoms. The van der Waals surface area contributed by atoms with E-state index in [2.05, 4.69) is 0 Å². The fourth-order valence-electron chi connectivity index (χ4n) is 2.20. The number of benzene rings is 1. The van der Waals surface area contributed by atoms with Gasteiger partial charge in [-0.05, 0) is 37.5 Å². The number of hydrogen-bond acceptors (Lipinski definition) is 3. The Hall–Kier alpha value is -0.910. The lowest BCUT2D eigenvalue weighted by atomic mass is 10.1. The monoisotopic (exact) mass is 298 g/mol. The number of sulfonamides is 1. The molecule has 0 heterocycles. The molecule has 2 unspecified atom stereocenters. The molecule has 0 aliphatic rings. The zero-order valence-electron chi connectivity index (χ0n) is 12.8. The summed E-state index contributed by atoms with van der Waals surface area (Å²) < 4.78 is 27.0. The highest BCUT2D eigenvalue weighted by Crippen LogP contribution is 2.23. The van der Waals surface area contributed by atoms with E-state index in [-0.39, 0.29) is 12.1 Å². The van der Waals surface area contributed by atoms with Crippen LogP contribution in [0, 0.1) is 0 Å². The summed E-state index contributed by atoms with van der Waals surface area (Å²) in [5.74, 6) is 0. The van der Waals surface area contributed by atoms with Crippen molar-refractivity contribution in [3.63, 3.8) is 0 Å². The average molecular weight is 298 g/mol. The molecule has 1 aromatic rings. The topological polar surface area (TPSA) is 63.4 Å². The standard InChI is InChI=1S/C15H26N2O2S/c1-5-12(4)17(7-3)20(18,19)14-10-8-9-13(11-14)15(16)6-2/h8-12,15H,5-7,16H2,1-4H3. The summed E-state index contributed by atoms with van der Waals surface area (Å²) in [4.78, 5) is 0.334. The van der Waals surface area contributed by atoms with Crippen LogP contribution in [0.1, 0.15) is 52.1 Å². The second-order valence-electron chi connectivity index (χ2n) is 5.05. The number of hydrogen-bond donors (Lipinski definition) is 1. The van der Waals surface area contributed by atoms with Crippen molar-refractivity contribution in [3.8, 4) is 0 Å². The van der Waals surface area contributed by atoms with Gasteiger partial charge in [0.1, 0.15) is 0 Å². The number of nitrogens with two attached hydrogens (primary N) is 1. The molecule has 20 heavy (non-hydrogen) atoms. The molecule has 2 atom stereocenters. The molecular formula is C15H26N2O2S. The van der Waals surface area contributed by atoms with Crippen LogP contribution in [0.2, 0.25) is 0 Å². The van der Waals surface area contributed by atoms with Gasteiger partial charge in [0.05, 0.1) is 4.90 Å². The fourth-order valence-corrected chi connectivity index (χ4v) is 3.97. The normalized spacial score (nSPS) is 15.3. The molecule has 0 radical (unpaired) electrons. The van der Waals surface area contributed by atoms with Crippen molar-refractivity contribution in [3.05, 3.63) is 29.8 Å². The van der Waals surface area contributed by atoms with Crippen molar-refractivity contribution < 1.29 is 8.42 Å². The highest BCUT2D eigenvalue weighted by molar-refractivity contribution is 7.89. The molecule has 0 aliphatic heterocycles. The summed E-state index contributed by atoms with van der Waals surface area (Å²) in [6.07, 6.45) is 1.58. The van der Waals surface area contributed by atoms with E-state index >= 15 is 0 Å². The third kappa shape index (κ3) is 3.59. The Labute approximate surface area is 123 Å². The summed E-state index contributed by atoms with van der Waals surface area (Å²) in [6.45, 7) is 8.25. The Morgan fingerprint density at radius 3 is 2.35 bits per heavy atom. The van der Waals surface area contributed by atoms with E-state index in [0.717, 1.165) is 18.4 Å². The fraction of sp³-hybridized carbons (Fsp3) is 0.600. The highest BCUT2D eigenvalue weighted by Gasteiger charge is 2.27. The molecular weight excluding hydrogens is 272 g/mol. The van der Waals surface area contributed by atoms with Gasteiger partial charge in [0.15, 0.2) is 0 Å². The van der Waals surface area contributed by atoms with Crippen molar-refractivity contribution in [2.24, 2.45) is 5.73 Å². The van der Waals surface area contributed by atoms with E-state index < -0.39 is 10.0 Å². The predicted octanol–water partition coefficient (Wildman–Crippen LogP) is 2.91. The second-order valence-corrected chi connectivity index (χ2v) is 6.94. The van der Waals surface area contributed by atoms with Crippen LogP contribution in [-0.2, 0) is 10.0 Å². The van der Waals surface area contributed by atoms with Gasteiger partial charge >= 0.3 is 0 Å². The largest absolute Gasteiger partial charge is 0.324 e. The van der Waals surface area contributed by atoms with Crippen LogP contribution in [0.5, 0.6) is 0 Å². The second kappa shape index (κ2) is 7.20. The maximum atomic E-state index is 12.7. The van der Waals surface area contributed by atoms with Crippen molar-refractivity contribution >= 4 is 10.0 Å². The van der Waals surface area contributed by atoms with Gasteiger partial charge in [-0.3, -0.25) is 0 Å². The van der Waals surface area contributed by atoms with Crippen LogP contribution >= 0.6 is 0 Å². The number of nitrogens with zero attached hydrogens (tertiary/aromatic N) is 1. The average Bonchev–Trinajstić information content (AvgIpc) is 2.46. The van der Waals surface area contributed by atoms with E-state index in [1.807, 2.05) is 33.8 Å². The van der Waals surface area contributed by atoms with Crippen LogP contribution < -0.4 is 5.73 Å². The molecule has 114 valence electrons. The minimum absolute atomic E-state index is 0.00601. The van der Waals surface area contributed by atoms with Gasteiger partial charge in [0.2, 0.25) is 10.0 Å². The van der Waals surface area contributed by atoms with Crippen molar-refractivity contribution in [2.75, 3.05) is 6.54 Å². The molecule has 0 saturated carbocycles. The SMILES string of the molecule is CCC(N)c1cccc(S(=O)(=O)N(CC)C(C)CC)c1. The van der Waals surface area contributed by atoms with E-state index in [1.165, 1.54) is 0 Å². The van der Waals surface area contributed by atoms with Crippen molar-refractivity contribution in [1.29, 1.82) is 0 Å². The van der Waals surface area contributed by atoms with Crippen LogP contribution in [0.4, 0.5) is 0 Å². The van der Waals surface area contributed by atoms with E-state index in [9.17, 15) is 8.42 Å². The predicted molar refractivity (Wildman–Crippen MR) is 83.0 cm³/mol. The lowest BCUT2D eigenvalue weighted by Crippen LogP contribution is -2.38. The molecule has 1 aromatic carbocycles. The molecule has 1 rings (SSSR count). The van der Waals surface area contributed by atoms with Gasteiger partial charge < -0.3 is 5.73 Å². The Morgan fingerprint density at radius 1 is 1.20 bits per heavy atom. The van der Waals surface area contributed by atoms with Crippen molar-refractivity contribution in [1.82, 2.24) is 4.31 Å². The molecule has 0 saturated heterocycles. The quantitative estimate of drug-likeness (QED) is 0.842. The molecule has 0 fully saturated rings. The first-order valence-corrected chi connectivity index (χ1v) is 8.69. The third-order valence-corrected chi connectivity index (χ3v) is 5.81. The minimum atomic E-state index is -3.45. The molecule has 0 aliphatic carbocycles. The lowest BCUT2D eigenvalue weighted by molar-refractivity contribution is 0.342. The minimum Gasteiger partial charge on any atom is -0.324 e. The van der Waals surface area contributed by atoms with E-state index in [4.69, 9.17) is 5.73 Å². The summed E-state index contributed by atoms with van der Waals surface area (Å²) in [5.41, 5.74) is 6.86. The molecule has 4 nitrogen and oxygen atoms in total. The Bertz CT molecular complexity index is 528. The first-order valence-electron chi connectivity index (χ1n) is 7.25. The van der Waals surface area contributed by atoms with Gasteiger partial charge in [-0.15, -0.1) is 0 Å². The lowest BCUT2D eigenvalue weighted by Gasteiger charge is -2.26. The molecule has 0 spiro atoms. The maximum Gasteiger partial charge on any atom is 0.243 e. The first-order chi connectivity index (χ1) is 9.38. The molecule has 0 amide bonds. The van der Waals surface area contributed by atoms with Crippen molar-refractivity contribution in [2.45, 2.75) is 57.5 Å². The summed E-state index contributed by atoms with van der Waals surface area (Å²) in [5, 5.41) is 0. The summed E-state index contributed by atoms with van der Waals surface area (Å²) >= 11 is 0. The first kappa shape index (κ1) is 17.1. The van der Waals surface area contributed by atoms with Gasteiger partial charge in [-0.2, -0.15) is 4.31 Å². The summed E-state index contributed by atoms with van der Waals surface area (Å²) in [6, 6.07) is 6.87. The highest BCUT2D eigenvalue weighted by atomic mass is 32.2. The van der Waals surface area contributed by atoms with Gasteiger partial charge in [0.25, 0.3) is 0 Å². The number of rotatable bonds is 7. The van der Waals surface area contributed by atoms with Gasteiger partial charge in [0, 0.05) is 18.6 Å². The van der Waals surface area contributed by atoms with Crippen LogP contribution in [0.3, 0.4) is 0 Å². The smallest absolute Gasteiger partial charge is 0.243 e. The van der Waals surface area contributed by atoms with E-state index in [1.54, 1.807) is 22.5 Å². The summed E-state index contributed by atoms with van der Waals surface area (Å²) in [7, 11) is -3.45. The van der Waals surface area contributed by atoms with Crippen LogP contribution in [-0.4, -0.2) is 25.3 Å². The Balaban J connectivity index is 3.21. The molecule has 0 aromatic heterocycles. The third-order valence-electron chi connectivity index (χ3n) is 3.73. The van der Waals surface area contributed by atoms with Gasteiger partial charge in [-0.25, -0.2) is 8.42 Å². The zero-order valence-corrected chi connectivity index (χ0v) is 13.7. The van der Waals surface area contributed by atoms with Crippen LogP contribution in [0.15, 0.2) is 29.2 Å². The molecule has 2 N–H and O–H groups in total. The van der Waals surface area contributed by atoms with E-state index in [0.29, 0.717) is 11.4 Å².